The Labute approximate surface area is 264 Å². The van der Waals surface area contributed by atoms with Crippen molar-refractivity contribution in [2.24, 2.45) is 0 Å². The van der Waals surface area contributed by atoms with Crippen LogP contribution in [0.15, 0.2) is 61.4 Å². The monoisotopic (exact) mass is 674 g/mol. The van der Waals surface area contributed by atoms with Gasteiger partial charge in [0.25, 0.3) is 0 Å². The van der Waals surface area contributed by atoms with Gasteiger partial charge in [-0.05, 0) is 47.5 Å². The normalized spacial score (nSPS) is 10.9. The third-order valence-electron chi connectivity index (χ3n) is 5.54. The molecule has 0 aliphatic carbocycles. The van der Waals surface area contributed by atoms with Crippen LogP contribution in [0.3, 0.4) is 0 Å². The molecular weight excluding hydrogens is 653 g/mol. The molecule has 6 rings (SSSR count). The lowest BCUT2D eigenvalue weighted by Crippen LogP contribution is -2.12. The maximum Gasteiger partial charge on any atom is 0.229 e. The minimum atomic E-state index is -3.61. The van der Waals surface area contributed by atoms with Gasteiger partial charge in [-0.25, -0.2) is 27.2 Å². The van der Waals surface area contributed by atoms with Crippen LogP contribution in [-0.2, 0) is 10.0 Å². The van der Waals surface area contributed by atoms with Crippen LogP contribution >= 0.6 is 23.2 Å². The van der Waals surface area contributed by atoms with E-state index >= 15 is 0 Å². The van der Waals surface area contributed by atoms with Crippen molar-refractivity contribution < 1.29 is 17.2 Å². The van der Waals surface area contributed by atoms with E-state index < -0.39 is 21.7 Å². The van der Waals surface area contributed by atoms with Gasteiger partial charge in [0.2, 0.25) is 20.6 Å². The zero-order chi connectivity index (χ0) is 31.4. The molecule has 0 aliphatic heterocycles. The van der Waals surface area contributed by atoms with E-state index in [0.717, 1.165) is 18.6 Å². The molecule has 0 saturated carbocycles. The maximum absolute atomic E-state index is 13.8. The zero-order valence-corrected chi connectivity index (χ0v) is 24.5. The number of hydrogen-bond acceptors (Lipinski definition) is 13. The Hall–Kier alpha value is -5.13. The van der Waals surface area contributed by atoms with Gasteiger partial charge in [0.15, 0.2) is 23.3 Å². The number of fused-ring (bicyclic) bond motifs is 2. The molecule has 14 nitrogen and oxygen atoms in total. The molecule has 0 amide bonds. The number of nitrogen functional groups attached to an aromatic ring is 1. The highest BCUT2D eigenvalue weighted by Gasteiger charge is 2.16. The summed E-state index contributed by atoms with van der Waals surface area (Å²) < 4.78 is 53.1. The van der Waals surface area contributed by atoms with E-state index in [2.05, 4.69) is 55.2 Å². The first-order valence-corrected chi connectivity index (χ1v) is 14.7. The van der Waals surface area contributed by atoms with Gasteiger partial charge in [-0.3, -0.25) is 24.7 Å². The lowest BCUT2D eigenvalue weighted by Gasteiger charge is -2.14. The lowest BCUT2D eigenvalue weighted by atomic mass is 10.2. The molecule has 0 aliphatic rings. The summed E-state index contributed by atoms with van der Waals surface area (Å²) in [5.41, 5.74) is 9.11. The minimum absolute atomic E-state index is 0. The van der Waals surface area contributed by atoms with Gasteiger partial charge in [0.05, 0.1) is 52.4 Å². The van der Waals surface area contributed by atoms with E-state index in [1.807, 2.05) is 0 Å². The molecule has 5 N–H and O–H groups in total. The fraction of sp³-hybridized carbons (Fsp3) is 0.0769. The number of aromatic nitrogens is 8. The molecule has 0 atom stereocenters. The van der Waals surface area contributed by atoms with Crippen LogP contribution in [0.1, 0.15) is 7.43 Å². The van der Waals surface area contributed by atoms with Gasteiger partial charge in [-0.15, -0.1) is 0 Å². The lowest BCUT2D eigenvalue weighted by molar-refractivity contribution is 0.607. The summed E-state index contributed by atoms with van der Waals surface area (Å²) in [6, 6.07) is 6.53. The van der Waals surface area contributed by atoms with Crippen molar-refractivity contribution in [1.29, 1.82) is 0 Å². The summed E-state index contributed by atoms with van der Waals surface area (Å²) in [6.45, 7) is 0. The highest BCUT2D eigenvalue weighted by Crippen LogP contribution is 2.33. The Balaban J connectivity index is 0.000000203. The van der Waals surface area contributed by atoms with Crippen LogP contribution < -0.4 is 21.1 Å². The average molecular weight is 676 g/mol. The second kappa shape index (κ2) is 13.7. The zero-order valence-electron chi connectivity index (χ0n) is 22.2. The summed E-state index contributed by atoms with van der Waals surface area (Å²) >= 11 is 11.3. The van der Waals surface area contributed by atoms with Crippen molar-refractivity contribution in [3.05, 3.63) is 83.6 Å². The molecule has 2 aromatic carbocycles. The number of nitrogens with zero attached hydrogens (tertiary/aromatic N) is 8. The number of anilines is 6. The van der Waals surface area contributed by atoms with Crippen LogP contribution in [0, 0.1) is 11.6 Å². The predicted molar refractivity (Wildman–Crippen MR) is 169 cm³/mol. The molecule has 0 radical (unpaired) electrons. The average Bonchev–Trinajstić information content (AvgIpc) is 2.99. The van der Waals surface area contributed by atoms with E-state index in [0.29, 0.717) is 33.4 Å². The third kappa shape index (κ3) is 7.88. The van der Waals surface area contributed by atoms with E-state index in [1.165, 1.54) is 24.7 Å². The number of halogens is 4. The third-order valence-corrected chi connectivity index (χ3v) is 6.48. The number of nitrogens with one attached hydrogen (secondary N) is 3. The second-order valence-electron chi connectivity index (χ2n) is 8.66. The van der Waals surface area contributed by atoms with E-state index in [9.17, 15) is 17.2 Å². The van der Waals surface area contributed by atoms with Crippen LogP contribution in [0.2, 0.25) is 10.6 Å². The molecule has 4 aromatic heterocycles. The van der Waals surface area contributed by atoms with Crippen LogP contribution in [-0.4, -0.2) is 54.5 Å². The van der Waals surface area contributed by atoms with Crippen molar-refractivity contribution in [2.75, 3.05) is 27.3 Å². The Morgan fingerprint density at radius 2 is 1.18 bits per heavy atom. The van der Waals surface area contributed by atoms with Gasteiger partial charge >= 0.3 is 0 Å². The van der Waals surface area contributed by atoms with Crippen LogP contribution in [0.4, 0.5) is 43.2 Å². The molecule has 6 aromatic rings. The molecule has 0 fully saturated rings. The van der Waals surface area contributed by atoms with E-state index in [1.54, 1.807) is 24.4 Å². The first-order chi connectivity index (χ1) is 21.0. The molecule has 232 valence electrons. The van der Waals surface area contributed by atoms with Crippen molar-refractivity contribution >= 4 is 89.7 Å². The fourth-order valence-electron chi connectivity index (χ4n) is 3.72. The highest BCUT2D eigenvalue weighted by molar-refractivity contribution is 7.92. The van der Waals surface area contributed by atoms with Crippen molar-refractivity contribution in [2.45, 2.75) is 7.43 Å². The van der Waals surface area contributed by atoms with Crippen molar-refractivity contribution in [1.82, 2.24) is 39.9 Å². The van der Waals surface area contributed by atoms with Gasteiger partial charge in [-0.2, -0.15) is 9.97 Å². The molecule has 0 spiro atoms. The number of sulfonamides is 1. The quantitative estimate of drug-likeness (QED) is 0.128. The Morgan fingerprint density at radius 3 is 1.73 bits per heavy atom. The number of nitrogens with two attached hydrogens (primary N) is 1. The Morgan fingerprint density at radius 1 is 0.711 bits per heavy atom. The predicted octanol–water partition coefficient (Wildman–Crippen LogP) is 5.50. The molecule has 19 heteroatoms. The molecule has 0 unspecified atom stereocenters. The Kier molecular flexibility index (Phi) is 9.95. The molecule has 4 heterocycles. The smallest absolute Gasteiger partial charge is 0.229 e. The number of rotatable bonds is 6. The van der Waals surface area contributed by atoms with Gasteiger partial charge in [-0.1, -0.05) is 7.43 Å². The first kappa shape index (κ1) is 32.8. The van der Waals surface area contributed by atoms with Gasteiger partial charge < -0.3 is 16.4 Å². The molecule has 0 bridgehead atoms. The van der Waals surface area contributed by atoms with Crippen LogP contribution in [0.25, 0.3) is 22.1 Å². The highest BCUT2D eigenvalue weighted by atomic mass is 35.5. The summed E-state index contributed by atoms with van der Waals surface area (Å²) in [6.07, 6.45) is 8.87. The van der Waals surface area contributed by atoms with Crippen LogP contribution in [0.5, 0.6) is 0 Å². The maximum atomic E-state index is 13.8. The van der Waals surface area contributed by atoms with Gasteiger partial charge in [0.1, 0.15) is 11.0 Å². The Bertz CT molecular complexity index is 2130. The molecule has 45 heavy (non-hydrogen) atoms. The largest absolute Gasteiger partial charge is 0.395 e. The minimum Gasteiger partial charge on any atom is -0.395 e. The van der Waals surface area contributed by atoms with Crippen molar-refractivity contribution in [3.63, 3.8) is 0 Å². The number of benzene rings is 2. The van der Waals surface area contributed by atoms with Crippen molar-refractivity contribution in [3.8, 4) is 0 Å². The molecular formula is C26H22Cl2F2N12O2S. The number of hydrogen-bond donors (Lipinski definition) is 4. The first-order valence-electron chi connectivity index (χ1n) is 12.1. The summed E-state index contributed by atoms with van der Waals surface area (Å²) in [4.78, 5) is 31.1. The van der Waals surface area contributed by atoms with Gasteiger partial charge in [0, 0.05) is 24.8 Å². The topological polar surface area (TPSA) is 199 Å². The summed E-state index contributed by atoms with van der Waals surface area (Å²) in [7, 11) is -3.61. The summed E-state index contributed by atoms with van der Waals surface area (Å²) in [5, 5.41) is 5.24. The fourth-order valence-corrected chi connectivity index (χ4v) is 4.56. The summed E-state index contributed by atoms with van der Waals surface area (Å²) in [5.74, 6) is -1.63. The second-order valence-corrected chi connectivity index (χ2v) is 11.1. The van der Waals surface area contributed by atoms with E-state index in [4.69, 9.17) is 28.9 Å². The van der Waals surface area contributed by atoms with E-state index in [-0.39, 0.29) is 41.0 Å². The standard InChI is InChI=1S/C13H10ClFN6O2S.C12H8ClFN6.CH4/c1-24(22,23)21-11-9(3-2-8-10(11)17-5-4-16-8)19-12-7(15)6-18-13(14)20-12;13-12-18-5-6(14)11(20-12)19-7-1-2-8-10(9(7)15)17-4-3-16-8;/h2-6,21H,1H3,(H,18,19,20);1-5H,15H2,(H,18,19,20);1H4. The SMILES string of the molecule is C.CS(=O)(=O)Nc1c(Nc2nc(Cl)ncc2F)ccc2nccnc12.Nc1c(Nc2nc(Cl)ncc2F)ccc2nccnc12. The molecule has 0 saturated heterocycles.